The lowest BCUT2D eigenvalue weighted by Crippen LogP contribution is -2.49. The zero-order valence-electron chi connectivity index (χ0n) is 12.8. The normalized spacial score (nSPS) is 17.2. The average Bonchev–Trinajstić information content (AvgIpc) is 2.87. The average molecular weight is 314 g/mol. The Morgan fingerprint density at radius 2 is 2.09 bits per heavy atom. The minimum absolute atomic E-state index is 0.168. The first-order chi connectivity index (χ1) is 11.0. The number of para-hydroxylation sites is 1. The highest BCUT2D eigenvalue weighted by Gasteiger charge is 2.36. The van der Waals surface area contributed by atoms with E-state index < -0.39 is 12.0 Å². The minimum atomic E-state index is -0.959. The van der Waals surface area contributed by atoms with Crippen molar-refractivity contribution in [2.45, 2.75) is 25.8 Å². The molecular formula is C16H18N4O3. The number of fused-ring (bicyclic) bond motifs is 1. The summed E-state index contributed by atoms with van der Waals surface area (Å²) in [6, 6.07) is 8.69. The second-order valence-electron chi connectivity index (χ2n) is 5.46. The SMILES string of the molecule is CCN1C(=O)C(N)Cc2c(CC(=O)O)nn(-c3ccccc3)c21. The van der Waals surface area contributed by atoms with Crippen molar-refractivity contribution >= 4 is 17.7 Å². The minimum Gasteiger partial charge on any atom is -0.481 e. The molecule has 23 heavy (non-hydrogen) atoms. The number of rotatable bonds is 4. The van der Waals surface area contributed by atoms with Crippen molar-refractivity contribution in [1.82, 2.24) is 9.78 Å². The molecule has 1 aliphatic heterocycles. The zero-order chi connectivity index (χ0) is 16.6. The van der Waals surface area contributed by atoms with Gasteiger partial charge in [-0.25, -0.2) is 4.68 Å². The van der Waals surface area contributed by atoms with E-state index >= 15 is 0 Å². The van der Waals surface area contributed by atoms with Crippen molar-refractivity contribution in [1.29, 1.82) is 0 Å². The van der Waals surface area contributed by atoms with Crippen molar-refractivity contribution in [3.63, 3.8) is 0 Å². The van der Waals surface area contributed by atoms with E-state index in [1.54, 1.807) is 9.58 Å². The van der Waals surface area contributed by atoms with Gasteiger partial charge in [0.25, 0.3) is 0 Å². The van der Waals surface area contributed by atoms with Crippen LogP contribution in [0, 0.1) is 0 Å². The number of anilines is 1. The predicted molar refractivity (Wildman–Crippen MR) is 84.6 cm³/mol. The molecule has 1 atom stereocenters. The molecule has 0 aliphatic carbocycles. The summed E-state index contributed by atoms with van der Waals surface area (Å²) in [7, 11) is 0. The third kappa shape index (κ3) is 2.59. The van der Waals surface area contributed by atoms with Gasteiger partial charge in [-0.05, 0) is 19.1 Å². The van der Waals surface area contributed by atoms with Crippen LogP contribution >= 0.6 is 0 Å². The Morgan fingerprint density at radius 3 is 2.70 bits per heavy atom. The van der Waals surface area contributed by atoms with E-state index in [0.29, 0.717) is 24.5 Å². The first-order valence-corrected chi connectivity index (χ1v) is 7.47. The van der Waals surface area contributed by atoms with Crippen molar-refractivity contribution in [3.05, 3.63) is 41.6 Å². The van der Waals surface area contributed by atoms with Crippen molar-refractivity contribution in [2.24, 2.45) is 5.73 Å². The fraction of sp³-hybridized carbons (Fsp3) is 0.312. The van der Waals surface area contributed by atoms with Crippen LogP contribution in [0.4, 0.5) is 5.82 Å². The van der Waals surface area contributed by atoms with Crippen LogP contribution in [0.25, 0.3) is 5.69 Å². The van der Waals surface area contributed by atoms with Gasteiger partial charge in [-0.3, -0.25) is 14.5 Å². The summed E-state index contributed by atoms with van der Waals surface area (Å²) in [6.07, 6.45) is 0.112. The van der Waals surface area contributed by atoms with Gasteiger partial charge in [0.05, 0.1) is 23.8 Å². The number of carbonyl (C=O) groups is 2. The smallest absolute Gasteiger partial charge is 0.309 e. The fourth-order valence-electron chi connectivity index (χ4n) is 2.92. The number of nitrogens with zero attached hydrogens (tertiary/aromatic N) is 3. The number of carboxylic acids is 1. The number of nitrogens with two attached hydrogens (primary N) is 1. The summed E-state index contributed by atoms with van der Waals surface area (Å²) < 4.78 is 1.64. The van der Waals surface area contributed by atoms with Gasteiger partial charge < -0.3 is 10.8 Å². The number of carbonyl (C=O) groups excluding carboxylic acids is 1. The number of aromatic nitrogens is 2. The van der Waals surface area contributed by atoms with E-state index in [1.807, 2.05) is 37.3 Å². The summed E-state index contributed by atoms with van der Waals surface area (Å²) in [4.78, 5) is 25.1. The van der Waals surface area contributed by atoms with Gasteiger partial charge in [-0.1, -0.05) is 18.2 Å². The van der Waals surface area contributed by atoms with Crippen molar-refractivity contribution in [2.75, 3.05) is 11.4 Å². The summed E-state index contributed by atoms with van der Waals surface area (Å²) in [5, 5.41) is 13.6. The van der Waals surface area contributed by atoms with Crippen LogP contribution in [0.5, 0.6) is 0 Å². The number of aliphatic carboxylic acids is 1. The Kier molecular flexibility index (Phi) is 3.87. The number of carboxylic acid groups (broad SMARTS) is 1. The van der Waals surface area contributed by atoms with Gasteiger partial charge in [-0.15, -0.1) is 0 Å². The molecule has 2 heterocycles. The molecule has 0 spiro atoms. The van der Waals surface area contributed by atoms with Gasteiger partial charge >= 0.3 is 5.97 Å². The Labute approximate surface area is 133 Å². The third-order valence-electron chi connectivity index (χ3n) is 3.94. The first-order valence-electron chi connectivity index (χ1n) is 7.47. The van der Waals surface area contributed by atoms with Crippen LogP contribution in [-0.2, 0) is 22.4 Å². The highest BCUT2D eigenvalue weighted by Crippen LogP contribution is 2.32. The van der Waals surface area contributed by atoms with Gasteiger partial charge in [0, 0.05) is 18.5 Å². The van der Waals surface area contributed by atoms with Gasteiger partial charge in [-0.2, -0.15) is 5.10 Å². The molecule has 0 radical (unpaired) electrons. The lowest BCUT2D eigenvalue weighted by atomic mass is 9.99. The van der Waals surface area contributed by atoms with Gasteiger partial charge in [0.2, 0.25) is 5.91 Å². The molecule has 3 N–H and O–H groups in total. The molecule has 7 heteroatoms. The molecule has 0 fully saturated rings. The highest BCUT2D eigenvalue weighted by molar-refractivity contribution is 6.00. The molecule has 120 valence electrons. The van der Waals surface area contributed by atoms with E-state index in [1.165, 1.54) is 0 Å². The molecule has 1 aromatic carbocycles. The summed E-state index contributed by atoms with van der Waals surface area (Å²) in [6.45, 7) is 2.31. The molecular weight excluding hydrogens is 296 g/mol. The number of likely N-dealkylation sites (N-methyl/N-ethyl adjacent to an activating group) is 1. The van der Waals surface area contributed by atoms with Gasteiger partial charge in [0.1, 0.15) is 5.82 Å². The largest absolute Gasteiger partial charge is 0.481 e. The number of hydrogen-bond donors (Lipinski definition) is 2. The molecule has 3 rings (SSSR count). The fourth-order valence-corrected chi connectivity index (χ4v) is 2.92. The maximum absolute atomic E-state index is 12.4. The Balaban J connectivity index is 2.21. The standard InChI is InChI=1S/C16H18N4O3/c1-2-19-15-11(8-12(17)16(19)23)13(9-14(21)22)18-20(15)10-6-4-3-5-7-10/h3-7,12H,2,8-9,17H2,1H3,(H,21,22). The molecule has 0 saturated heterocycles. The van der Waals surface area contributed by atoms with E-state index in [2.05, 4.69) is 5.10 Å². The number of benzene rings is 1. The Bertz CT molecular complexity index is 754. The molecule has 1 aromatic heterocycles. The lowest BCUT2D eigenvalue weighted by Gasteiger charge is -2.30. The van der Waals surface area contributed by atoms with Crippen molar-refractivity contribution in [3.8, 4) is 5.69 Å². The first kappa shape index (κ1) is 15.2. The van der Waals surface area contributed by atoms with Crippen LogP contribution in [0.15, 0.2) is 30.3 Å². The van der Waals surface area contributed by atoms with Crippen LogP contribution < -0.4 is 10.6 Å². The van der Waals surface area contributed by atoms with E-state index in [9.17, 15) is 9.59 Å². The number of hydrogen-bond acceptors (Lipinski definition) is 4. The molecule has 7 nitrogen and oxygen atoms in total. The monoisotopic (exact) mass is 314 g/mol. The quantitative estimate of drug-likeness (QED) is 0.866. The Morgan fingerprint density at radius 1 is 1.39 bits per heavy atom. The maximum Gasteiger partial charge on any atom is 0.309 e. The summed E-state index contributed by atoms with van der Waals surface area (Å²) in [5.41, 5.74) is 7.91. The molecule has 0 bridgehead atoms. The maximum atomic E-state index is 12.4. The van der Waals surface area contributed by atoms with E-state index in [0.717, 1.165) is 11.3 Å². The second kappa shape index (κ2) is 5.85. The Hall–Kier alpha value is -2.67. The van der Waals surface area contributed by atoms with Crippen LogP contribution in [-0.4, -0.2) is 39.4 Å². The van der Waals surface area contributed by atoms with Gasteiger partial charge in [0.15, 0.2) is 0 Å². The topological polar surface area (TPSA) is 101 Å². The van der Waals surface area contributed by atoms with Crippen LogP contribution in [0.1, 0.15) is 18.2 Å². The van der Waals surface area contributed by atoms with Crippen LogP contribution in [0.3, 0.4) is 0 Å². The lowest BCUT2D eigenvalue weighted by molar-refractivity contribution is -0.136. The summed E-state index contributed by atoms with van der Waals surface area (Å²) >= 11 is 0. The zero-order valence-corrected chi connectivity index (χ0v) is 12.8. The molecule has 2 aromatic rings. The highest BCUT2D eigenvalue weighted by atomic mass is 16.4. The molecule has 1 amide bonds. The van der Waals surface area contributed by atoms with Crippen molar-refractivity contribution < 1.29 is 14.7 Å². The molecule has 1 aliphatic rings. The molecule has 1 unspecified atom stereocenters. The third-order valence-corrected chi connectivity index (χ3v) is 3.94. The van der Waals surface area contributed by atoms with E-state index in [-0.39, 0.29) is 12.3 Å². The summed E-state index contributed by atoms with van der Waals surface area (Å²) in [5.74, 6) is -0.500. The van der Waals surface area contributed by atoms with E-state index in [4.69, 9.17) is 10.8 Å². The van der Waals surface area contributed by atoms with Crippen LogP contribution in [0.2, 0.25) is 0 Å². The second-order valence-corrected chi connectivity index (χ2v) is 5.46. The molecule has 0 saturated carbocycles. The predicted octanol–water partition coefficient (Wildman–Crippen LogP) is 0.736. The number of amides is 1.